The van der Waals surface area contributed by atoms with E-state index in [1.807, 2.05) is 0 Å². The topological polar surface area (TPSA) is 6.48 Å². The van der Waals surface area contributed by atoms with Crippen LogP contribution in [0.3, 0.4) is 0 Å². The number of hydrogen-bond donors (Lipinski definition) is 0. The summed E-state index contributed by atoms with van der Waals surface area (Å²) in [6.07, 6.45) is 6.37. The summed E-state index contributed by atoms with van der Waals surface area (Å²) in [7, 11) is 4.29. The predicted molar refractivity (Wildman–Crippen MR) is 74.5 cm³/mol. The number of likely N-dealkylation sites (N-methyl/N-ethyl adjacent to an activating group) is 1. The van der Waals surface area contributed by atoms with Crippen LogP contribution in [0.15, 0.2) is 0 Å². The van der Waals surface area contributed by atoms with Gasteiger partial charge in [-0.25, -0.2) is 0 Å². The van der Waals surface area contributed by atoms with Crippen molar-refractivity contribution in [1.29, 1.82) is 0 Å². The van der Waals surface area contributed by atoms with Crippen molar-refractivity contribution >= 4 is 11.6 Å². The molecule has 0 saturated carbocycles. The maximum absolute atomic E-state index is 5.66. The first-order chi connectivity index (χ1) is 7.70. The number of unbranched alkanes of at least 4 members (excludes halogenated alkanes) is 3. The third-order valence-electron chi connectivity index (χ3n) is 2.76. The van der Waals surface area contributed by atoms with Crippen LogP contribution in [0.4, 0.5) is 0 Å². The molecule has 0 aromatic heterocycles. The monoisotopic (exact) mass is 248 g/mol. The number of halogens is 1. The smallest absolute Gasteiger partial charge is 0.0223 e. The Bertz CT molecular complexity index is 140. The predicted octanol–water partition coefficient (Wildman–Crippen LogP) is 3.06. The molecule has 0 spiro atoms. The summed E-state index contributed by atoms with van der Waals surface area (Å²) in [6.45, 7) is 7.13. The zero-order chi connectivity index (χ0) is 12.2. The van der Waals surface area contributed by atoms with Crippen molar-refractivity contribution in [3.8, 4) is 0 Å². The second-order valence-corrected chi connectivity index (χ2v) is 5.13. The fourth-order valence-electron chi connectivity index (χ4n) is 1.78. The van der Waals surface area contributed by atoms with Crippen LogP contribution in [-0.4, -0.2) is 56.0 Å². The van der Waals surface area contributed by atoms with Crippen LogP contribution in [0, 0.1) is 0 Å². The third kappa shape index (κ3) is 10.7. The minimum Gasteiger partial charge on any atom is -0.308 e. The lowest BCUT2D eigenvalue weighted by Crippen LogP contribution is -2.33. The van der Waals surface area contributed by atoms with Crippen LogP contribution in [0.1, 0.15) is 39.0 Å². The molecule has 0 N–H and O–H groups in total. The molecule has 0 heterocycles. The van der Waals surface area contributed by atoms with E-state index in [2.05, 4.69) is 30.8 Å². The number of alkyl halides is 1. The van der Waals surface area contributed by atoms with E-state index < -0.39 is 0 Å². The maximum Gasteiger partial charge on any atom is 0.0223 e. The molecule has 0 rings (SSSR count). The normalized spacial score (nSPS) is 11.6. The SMILES string of the molecule is CCCN(CCCCCCCl)CCN(C)C. The lowest BCUT2D eigenvalue weighted by Gasteiger charge is -2.23. The first-order valence-corrected chi connectivity index (χ1v) is 7.17. The van der Waals surface area contributed by atoms with Gasteiger partial charge in [-0.3, -0.25) is 0 Å². The Balaban J connectivity index is 3.51. The van der Waals surface area contributed by atoms with Gasteiger partial charge in [0.1, 0.15) is 0 Å². The summed E-state index contributed by atoms with van der Waals surface area (Å²) >= 11 is 5.66. The van der Waals surface area contributed by atoms with Gasteiger partial charge in [0, 0.05) is 19.0 Å². The molecule has 0 aliphatic carbocycles. The highest BCUT2D eigenvalue weighted by Gasteiger charge is 2.03. The summed E-state index contributed by atoms with van der Waals surface area (Å²) < 4.78 is 0. The average molecular weight is 249 g/mol. The van der Waals surface area contributed by atoms with Crippen molar-refractivity contribution < 1.29 is 0 Å². The van der Waals surface area contributed by atoms with E-state index in [1.54, 1.807) is 0 Å². The fraction of sp³-hybridized carbons (Fsp3) is 1.00. The van der Waals surface area contributed by atoms with Crippen molar-refractivity contribution in [3.63, 3.8) is 0 Å². The van der Waals surface area contributed by atoms with Crippen molar-refractivity contribution in [2.75, 3.05) is 46.2 Å². The molecule has 0 saturated heterocycles. The zero-order valence-electron chi connectivity index (χ0n) is 11.3. The molecule has 0 aromatic carbocycles. The van der Waals surface area contributed by atoms with E-state index in [0.717, 1.165) is 5.88 Å². The Kier molecular flexibility index (Phi) is 11.8. The molecular weight excluding hydrogens is 220 g/mol. The van der Waals surface area contributed by atoms with Gasteiger partial charge in [0.2, 0.25) is 0 Å². The molecule has 98 valence electrons. The standard InChI is InChI=1S/C13H29ClN2/c1-4-10-16(13-12-15(2)3)11-8-6-5-7-9-14/h4-13H2,1-3H3. The van der Waals surface area contributed by atoms with Gasteiger partial charge < -0.3 is 9.80 Å². The molecular formula is C13H29ClN2. The zero-order valence-corrected chi connectivity index (χ0v) is 12.1. The van der Waals surface area contributed by atoms with E-state index in [1.165, 1.54) is 58.3 Å². The summed E-state index contributed by atoms with van der Waals surface area (Å²) in [5.74, 6) is 0.819. The van der Waals surface area contributed by atoms with Crippen LogP contribution in [0.2, 0.25) is 0 Å². The lowest BCUT2D eigenvalue weighted by atomic mass is 10.2. The van der Waals surface area contributed by atoms with Gasteiger partial charge in [-0.1, -0.05) is 19.8 Å². The van der Waals surface area contributed by atoms with Gasteiger partial charge in [-0.2, -0.15) is 0 Å². The van der Waals surface area contributed by atoms with Crippen molar-refractivity contribution in [2.45, 2.75) is 39.0 Å². The molecule has 3 heteroatoms. The van der Waals surface area contributed by atoms with E-state index in [9.17, 15) is 0 Å². The molecule has 0 fully saturated rings. The second-order valence-electron chi connectivity index (χ2n) is 4.75. The molecule has 0 aromatic rings. The molecule has 0 radical (unpaired) electrons. The van der Waals surface area contributed by atoms with Gasteiger partial charge in [-0.05, 0) is 46.4 Å². The molecule has 0 aliphatic rings. The molecule has 2 nitrogen and oxygen atoms in total. The summed E-state index contributed by atoms with van der Waals surface area (Å²) in [5, 5.41) is 0. The first kappa shape index (κ1) is 16.2. The van der Waals surface area contributed by atoms with Crippen LogP contribution >= 0.6 is 11.6 Å². The quantitative estimate of drug-likeness (QED) is 0.410. The molecule has 0 bridgehead atoms. The van der Waals surface area contributed by atoms with E-state index >= 15 is 0 Å². The van der Waals surface area contributed by atoms with Gasteiger partial charge in [0.25, 0.3) is 0 Å². The minimum atomic E-state index is 0.819. The van der Waals surface area contributed by atoms with Crippen molar-refractivity contribution in [2.24, 2.45) is 0 Å². The van der Waals surface area contributed by atoms with E-state index in [0.29, 0.717) is 0 Å². The number of hydrogen-bond acceptors (Lipinski definition) is 2. The Labute approximate surface area is 107 Å². The highest BCUT2D eigenvalue weighted by molar-refractivity contribution is 6.17. The fourth-order valence-corrected chi connectivity index (χ4v) is 1.97. The van der Waals surface area contributed by atoms with Crippen molar-refractivity contribution in [1.82, 2.24) is 9.80 Å². The first-order valence-electron chi connectivity index (χ1n) is 6.63. The Morgan fingerprint density at radius 3 is 2.06 bits per heavy atom. The van der Waals surface area contributed by atoms with Gasteiger partial charge in [-0.15, -0.1) is 11.6 Å². The highest BCUT2D eigenvalue weighted by atomic mass is 35.5. The van der Waals surface area contributed by atoms with Gasteiger partial charge in [0.15, 0.2) is 0 Å². The highest BCUT2D eigenvalue weighted by Crippen LogP contribution is 2.03. The molecule has 16 heavy (non-hydrogen) atoms. The molecule has 0 aliphatic heterocycles. The Hall–Kier alpha value is 0.210. The lowest BCUT2D eigenvalue weighted by molar-refractivity contribution is 0.236. The third-order valence-corrected chi connectivity index (χ3v) is 3.03. The minimum absolute atomic E-state index is 0.819. The van der Waals surface area contributed by atoms with Gasteiger partial charge in [0.05, 0.1) is 0 Å². The Morgan fingerprint density at radius 2 is 1.50 bits per heavy atom. The van der Waals surface area contributed by atoms with Gasteiger partial charge >= 0.3 is 0 Å². The molecule has 0 unspecified atom stereocenters. The second kappa shape index (κ2) is 11.7. The Morgan fingerprint density at radius 1 is 0.812 bits per heavy atom. The summed E-state index contributed by atoms with van der Waals surface area (Å²) in [6, 6.07) is 0. The average Bonchev–Trinajstić information content (AvgIpc) is 2.25. The number of nitrogens with zero attached hydrogens (tertiary/aromatic N) is 2. The van der Waals surface area contributed by atoms with E-state index in [4.69, 9.17) is 11.6 Å². The molecule has 0 amide bonds. The van der Waals surface area contributed by atoms with Crippen LogP contribution in [0.25, 0.3) is 0 Å². The largest absolute Gasteiger partial charge is 0.308 e. The summed E-state index contributed by atoms with van der Waals surface area (Å²) in [5.41, 5.74) is 0. The number of rotatable bonds is 11. The van der Waals surface area contributed by atoms with Crippen molar-refractivity contribution in [3.05, 3.63) is 0 Å². The summed E-state index contributed by atoms with van der Waals surface area (Å²) in [4.78, 5) is 4.84. The molecule has 0 atom stereocenters. The maximum atomic E-state index is 5.66. The van der Waals surface area contributed by atoms with Crippen LogP contribution in [0.5, 0.6) is 0 Å². The van der Waals surface area contributed by atoms with E-state index in [-0.39, 0.29) is 0 Å². The van der Waals surface area contributed by atoms with Crippen LogP contribution in [-0.2, 0) is 0 Å². The van der Waals surface area contributed by atoms with Crippen LogP contribution < -0.4 is 0 Å².